The number of amides is 2. The molecule has 1 N–H and O–H groups in total. The maximum atomic E-state index is 14.8. The molecule has 0 aromatic heterocycles. The van der Waals surface area contributed by atoms with Gasteiger partial charge in [-0.3, -0.25) is 13.9 Å². The monoisotopic (exact) mass is 755 g/mol. The van der Waals surface area contributed by atoms with Gasteiger partial charge in [0.25, 0.3) is 10.0 Å². The number of hydrogen-bond donors (Lipinski definition) is 1. The molecule has 0 fully saturated rings. The van der Waals surface area contributed by atoms with Crippen molar-refractivity contribution in [3.63, 3.8) is 0 Å². The number of nitrogens with one attached hydrogen (secondary N) is 1. The Morgan fingerprint density at radius 3 is 2.16 bits per heavy atom. The largest absolute Gasteiger partial charge is 0.494 e. The second-order valence-corrected chi connectivity index (χ2v) is 14.4. The fourth-order valence-corrected chi connectivity index (χ4v) is 7.24. The predicted molar refractivity (Wildman–Crippen MR) is 201 cm³/mol. The highest BCUT2D eigenvalue weighted by Crippen LogP contribution is 2.33. The number of hydrogen-bond acceptors (Lipinski definition) is 7. The van der Waals surface area contributed by atoms with Gasteiger partial charge in [0.05, 0.1) is 31.4 Å². The number of benzene rings is 4. The molecule has 272 valence electrons. The number of ether oxygens (including phenoxy) is 3. The van der Waals surface area contributed by atoms with E-state index in [1.807, 2.05) is 51.1 Å². The third-order valence-electron chi connectivity index (χ3n) is 8.29. The minimum absolute atomic E-state index is 0.103. The van der Waals surface area contributed by atoms with E-state index in [0.717, 1.165) is 9.87 Å². The molecule has 10 nitrogen and oxygen atoms in total. The second kappa shape index (κ2) is 18.2. The van der Waals surface area contributed by atoms with Gasteiger partial charge in [0.1, 0.15) is 18.3 Å². The van der Waals surface area contributed by atoms with Crippen molar-refractivity contribution in [1.29, 1.82) is 0 Å². The Morgan fingerprint density at radius 2 is 1.55 bits per heavy atom. The molecule has 0 heterocycles. The summed E-state index contributed by atoms with van der Waals surface area (Å²) in [7, 11) is -1.57. The van der Waals surface area contributed by atoms with Gasteiger partial charge >= 0.3 is 0 Å². The molecule has 51 heavy (non-hydrogen) atoms. The Bertz CT molecular complexity index is 1890. The molecule has 0 aliphatic heterocycles. The number of carbonyl (C=O) groups excluding carboxylic acids is 2. The molecule has 2 atom stereocenters. The lowest BCUT2D eigenvalue weighted by Crippen LogP contribution is -2.54. The van der Waals surface area contributed by atoms with Gasteiger partial charge in [-0.25, -0.2) is 8.42 Å². The third-order valence-corrected chi connectivity index (χ3v) is 10.6. The molecular formula is C38H43Cl2N3O7S. The van der Waals surface area contributed by atoms with Gasteiger partial charge in [0, 0.05) is 35.1 Å². The van der Waals surface area contributed by atoms with Gasteiger partial charge in [-0.15, -0.1) is 0 Å². The first-order chi connectivity index (χ1) is 24.4. The van der Waals surface area contributed by atoms with Crippen LogP contribution in [-0.2, 0) is 32.6 Å². The van der Waals surface area contributed by atoms with Gasteiger partial charge in [-0.2, -0.15) is 0 Å². The van der Waals surface area contributed by atoms with Crippen LogP contribution in [0, 0.1) is 0 Å². The van der Waals surface area contributed by atoms with Crippen molar-refractivity contribution in [3.8, 4) is 17.2 Å². The van der Waals surface area contributed by atoms with E-state index in [-0.39, 0.29) is 41.2 Å². The van der Waals surface area contributed by atoms with Crippen LogP contribution in [0.2, 0.25) is 10.0 Å². The van der Waals surface area contributed by atoms with Gasteiger partial charge in [0.15, 0.2) is 11.5 Å². The summed E-state index contributed by atoms with van der Waals surface area (Å²) in [4.78, 5) is 30.1. The molecular weight excluding hydrogens is 713 g/mol. The highest BCUT2D eigenvalue weighted by molar-refractivity contribution is 7.92. The molecule has 4 aromatic rings. The Kier molecular flexibility index (Phi) is 14.0. The highest BCUT2D eigenvalue weighted by Gasteiger charge is 2.35. The van der Waals surface area contributed by atoms with Crippen molar-refractivity contribution in [1.82, 2.24) is 10.2 Å². The number of methoxy groups -OCH3 is 2. The zero-order chi connectivity index (χ0) is 37.1. The smallest absolute Gasteiger partial charge is 0.264 e. The average molecular weight is 757 g/mol. The lowest BCUT2D eigenvalue weighted by Gasteiger charge is -2.34. The maximum absolute atomic E-state index is 14.8. The molecule has 0 saturated heterocycles. The van der Waals surface area contributed by atoms with Crippen molar-refractivity contribution in [2.45, 2.75) is 57.1 Å². The van der Waals surface area contributed by atoms with Crippen LogP contribution in [0.4, 0.5) is 5.69 Å². The molecule has 0 radical (unpaired) electrons. The summed E-state index contributed by atoms with van der Waals surface area (Å²) in [5.74, 6) is 0.0308. The number of anilines is 1. The van der Waals surface area contributed by atoms with Crippen LogP contribution in [0.1, 0.15) is 38.3 Å². The summed E-state index contributed by atoms with van der Waals surface area (Å²) in [6.45, 7) is 5.32. The minimum Gasteiger partial charge on any atom is -0.494 e. The molecule has 0 spiro atoms. The molecule has 0 saturated carbocycles. The summed E-state index contributed by atoms with van der Waals surface area (Å²) in [5.41, 5.74) is 1.54. The highest BCUT2D eigenvalue weighted by atomic mass is 35.5. The van der Waals surface area contributed by atoms with Crippen molar-refractivity contribution in [2.24, 2.45) is 0 Å². The van der Waals surface area contributed by atoms with E-state index >= 15 is 0 Å². The summed E-state index contributed by atoms with van der Waals surface area (Å²) in [5, 5.41) is 3.72. The molecule has 0 aliphatic carbocycles. The number of halogens is 2. The van der Waals surface area contributed by atoms with Crippen LogP contribution < -0.4 is 23.8 Å². The lowest BCUT2D eigenvalue weighted by atomic mass is 10.0. The first-order valence-electron chi connectivity index (χ1n) is 16.5. The van der Waals surface area contributed by atoms with Crippen LogP contribution in [0.15, 0.2) is 95.9 Å². The third kappa shape index (κ3) is 10.1. The maximum Gasteiger partial charge on any atom is 0.264 e. The Labute approximate surface area is 310 Å². The summed E-state index contributed by atoms with van der Waals surface area (Å²) < 4.78 is 46.3. The van der Waals surface area contributed by atoms with Crippen LogP contribution in [-0.4, -0.2) is 64.6 Å². The van der Waals surface area contributed by atoms with Crippen molar-refractivity contribution < 1.29 is 32.2 Å². The number of sulfonamides is 1. The van der Waals surface area contributed by atoms with Crippen LogP contribution >= 0.6 is 23.2 Å². The van der Waals surface area contributed by atoms with E-state index in [1.165, 1.54) is 37.3 Å². The van der Waals surface area contributed by atoms with Gasteiger partial charge in [-0.1, -0.05) is 66.5 Å². The first-order valence-corrected chi connectivity index (χ1v) is 18.7. The van der Waals surface area contributed by atoms with Crippen LogP contribution in [0.3, 0.4) is 0 Å². The molecule has 2 amide bonds. The Hall–Kier alpha value is -4.45. The first kappa shape index (κ1) is 39.3. The van der Waals surface area contributed by atoms with Crippen molar-refractivity contribution >= 4 is 50.7 Å². The fraction of sp³-hybridized carbons (Fsp3) is 0.316. The normalized spacial score (nSPS) is 12.4. The molecule has 0 bridgehead atoms. The zero-order valence-electron chi connectivity index (χ0n) is 29.3. The Balaban J connectivity index is 1.86. The Morgan fingerprint density at radius 1 is 0.863 bits per heavy atom. The quantitative estimate of drug-likeness (QED) is 0.122. The van der Waals surface area contributed by atoms with Crippen molar-refractivity contribution in [3.05, 3.63) is 112 Å². The van der Waals surface area contributed by atoms with E-state index in [1.54, 1.807) is 42.5 Å². The lowest BCUT2D eigenvalue weighted by molar-refractivity contribution is -0.140. The zero-order valence-corrected chi connectivity index (χ0v) is 31.6. The van der Waals surface area contributed by atoms with Crippen LogP contribution in [0.5, 0.6) is 17.2 Å². The summed E-state index contributed by atoms with van der Waals surface area (Å²) >= 11 is 12.8. The summed E-state index contributed by atoms with van der Waals surface area (Å²) in [6, 6.07) is 23.6. The minimum atomic E-state index is -4.41. The van der Waals surface area contributed by atoms with Gasteiger partial charge in [-0.05, 0) is 79.9 Å². The van der Waals surface area contributed by atoms with Crippen LogP contribution in [0.25, 0.3) is 0 Å². The standard InChI is InChI=1S/C38H43Cl2N3O7S/c1-6-26(3)41-38(45)34(21-27-11-9-8-10-12-27)42(24-28-13-14-29(39)22-33(28)40)37(44)25-43(30-15-17-31(18-16-30)50-7-2)51(46,47)32-19-20-35(48-4)36(23-32)49-5/h8-20,22-23,26,34H,6-7,21,24-25H2,1-5H3,(H,41,45)/t26-,34+/m0/s1. The van der Waals surface area contributed by atoms with E-state index in [0.29, 0.717) is 40.1 Å². The molecule has 0 unspecified atom stereocenters. The number of nitrogens with zero attached hydrogens (tertiary/aromatic N) is 2. The van der Waals surface area contributed by atoms with E-state index in [2.05, 4.69) is 5.32 Å². The number of rotatable bonds is 17. The van der Waals surface area contributed by atoms with E-state index in [9.17, 15) is 18.0 Å². The average Bonchev–Trinajstić information content (AvgIpc) is 3.13. The predicted octanol–water partition coefficient (Wildman–Crippen LogP) is 7.16. The van der Waals surface area contributed by atoms with E-state index in [4.69, 9.17) is 37.4 Å². The second-order valence-electron chi connectivity index (χ2n) is 11.7. The molecule has 0 aliphatic rings. The van der Waals surface area contributed by atoms with E-state index < -0.39 is 28.5 Å². The summed E-state index contributed by atoms with van der Waals surface area (Å²) in [6.07, 6.45) is 0.821. The van der Waals surface area contributed by atoms with Crippen molar-refractivity contribution in [2.75, 3.05) is 31.7 Å². The van der Waals surface area contributed by atoms with Gasteiger partial charge in [0.2, 0.25) is 11.8 Å². The van der Waals surface area contributed by atoms with Gasteiger partial charge < -0.3 is 24.4 Å². The number of carbonyl (C=O) groups is 2. The molecule has 13 heteroatoms. The fourth-order valence-electron chi connectivity index (χ4n) is 5.34. The molecule has 4 aromatic carbocycles. The molecule has 4 rings (SSSR count). The SMILES string of the molecule is CCOc1ccc(N(CC(=O)N(Cc2ccc(Cl)cc2Cl)[C@H](Cc2ccccc2)C(=O)N[C@@H](C)CC)S(=O)(=O)c2ccc(OC)c(OC)c2)cc1. The topological polar surface area (TPSA) is 114 Å².